The molecule has 2 atom stereocenters. The largest absolute Gasteiger partial charge is 0.375 e. The van der Waals surface area contributed by atoms with Crippen molar-refractivity contribution in [3.05, 3.63) is 36.0 Å². The van der Waals surface area contributed by atoms with Gasteiger partial charge in [0.05, 0.1) is 22.6 Å². The van der Waals surface area contributed by atoms with Gasteiger partial charge in [-0.2, -0.15) is 4.98 Å². The molecule has 9 nitrogen and oxygen atoms in total. The van der Waals surface area contributed by atoms with Gasteiger partial charge in [0.2, 0.25) is 5.95 Å². The molecule has 1 aliphatic rings. The van der Waals surface area contributed by atoms with Crippen molar-refractivity contribution in [2.24, 2.45) is 0 Å². The van der Waals surface area contributed by atoms with Crippen LogP contribution in [0.1, 0.15) is 24.2 Å². The van der Waals surface area contributed by atoms with Gasteiger partial charge in [0.1, 0.15) is 12.1 Å². The van der Waals surface area contributed by atoms with Crippen LogP contribution in [-0.2, 0) is 4.74 Å². The molecular weight excluding hydrogens is 433 g/mol. The summed E-state index contributed by atoms with van der Waals surface area (Å²) in [5.74, 6) is -0.142. The molecule has 2 N–H and O–H groups in total. The molecule has 1 aliphatic heterocycles. The molecule has 0 spiro atoms. The fourth-order valence-corrected chi connectivity index (χ4v) is 4.39. The highest BCUT2D eigenvalue weighted by molar-refractivity contribution is 7.18. The van der Waals surface area contributed by atoms with Gasteiger partial charge < -0.3 is 20.3 Å². The van der Waals surface area contributed by atoms with Gasteiger partial charge in [-0.15, -0.1) is 0 Å². The van der Waals surface area contributed by atoms with Crippen molar-refractivity contribution >= 4 is 28.3 Å². The monoisotopic (exact) mass is 457 g/mol. The van der Waals surface area contributed by atoms with Crippen LogP contribution in [0.3, 0.4) is 0 Å². The molecule has 0 unspecified atom stereocenters. The fourth-order valence-electron chi connectivity index (χ4n) is 3.69. The summed E-state index contributed by atoms with van der Waals surface area (Å²) in [7, 11) is 3.22. The predicted octanol–water partition coefficient (Wildman–Crippen LogP) is 2.70. The van der Waals surface area contributed by atoms with E-state index in [2.05, 4.69) is 19.9 Å². The average molecular weight is 458 g/mol. The Balaban J connectivity index is 1.83. The van der Waals surface area contributed by atoms with E-state index in [1.807, 2.05) is 18.7 Å². The van der Waals surface area contributed by atoms with E-state index in [4.69, 9.17) is 10.5 Å². The quantitative estimate of drug-likeness (QED) is 0.637. The first-order valence-electron chi connectivity index (χ1n) is 10.1. The normalized spacial score (nSPS) is 18.6. The number of benzene rings is 1. The number of carbonyl (C=O) groups is 1. The van der Waals surface area contributed by atoms with E-state index in [1.165, 1.54) is 23.5 Å². The van der Waals surface area contributed by atoms with Crippen LogP contribution in [0.25, 0.3) is 21.8 Å². The summed E-state index contributed by atoms with van der Waals surface area (Å²) in [6, 6.07) is 2.79. The van der Waals surface area contributed by atoms with Crippen molar-refractivity contribution in [1.82, 2.24) is 24.8 Å². The van der Waals surface area contributed by atoms with Gasteiger partial charge in [0.15, 0.2) is 11.0 Å². The molecule has 0 radical (unpaired) electrons. The second-order valence-electron chi connectivity index (χ2n) is 7.91. The molecule has 3 aromatic rings. The van der Waals surface area contributed by atoms with E-state index >= 15 is 4.39 Å². The molecule has 11 heteroatoms. The third-order valence-corrected chi connectivity index (χ3v) is 5.90. The number of rotatable bonds is 4. The predicted molar refractivity (Wildman–Crippen MR) is 121 cm³/mol. The van der Waals surface area contributed by atoms with E-state index < -0.39 is 5.82 Å². The highest BCUT2D eigenvalue weighted by Gasteiger charge is 2.26. The highest BCUT2D eigenvalue weighted by Crippen LogP contribution is 2.35. The van der Waals surface area contributed by atoms with Crippen LogP contribution in [0, 0.1) is 5.82 Å². The number of nitrogens with zero attached hydrogens (tertiary/aromatic N) is 6. The third-order valence-electron chi connectivity index (χ3n) is 5.04. The summed E-state index contributed by atoms with van der Waals surface area (Å²) in [5, 5.41) is 0.326. The number of ether oxygens (including phenoxy) is 1. The molecule has 1 aromatic carbocycles. The molecule has 0 aliphatic carbocycles. The number of amides is 1. The Morgan fingerprint density at radius 3 is 2.53 bits per heavy atom. The van der Waals surface area contributed by atoms with Crippen LogP contribution in [0.4, 0.5) is 15.5 Å². The maximum Gasteiger partial charge on any atom is 0.254 e. The number of morpholine rings is 1. The Morgan fingerprint density at radius 1 is 1.19 bits per heavy atom. The Bertz CT molecular complexity index is 1140. The first kappa shape index (κ1) is 22.0. The summed E-state index contributed by atoms with van der Waals surface area (Å²) in [6.45, 7) is 5.25. The number of hydrogen-bond acceptors (Lipinski definition) is 9. The van der Waals surface area contributed by atoms with Crippen LogP contribution < -0.4 is 10.6 Å². The zero-order valence-electron chi connectivity index (χ0n) is 18.2. The van der Waals surface area contributed by atoms with Crippen LogP contribution in [0.15, 0.2) is 24.7 Å². The fraction of sp³-hybridized carbons (Fsp3) is 0.381. The van der Waals surface area contributed by atoms with Crippen LogP contribution in [-0.4, -0.2) is 70.1 Å². The van der Waals surface area contributed by atoms with Gasteiger partial charge in [0.25, 0.3) is 5.91 Å². The van der Waals surface area contributed by atoms with E-state index in [-0.39, 0.29) is 35.1 Å². The molecule has 4 rings (SSSR count). The molecule has 1 amide bonds. The Kier molecular flexibility index (Phi) is 6.02. The zero-order chi connectivity index (χ0) is 23.0. The third kappa shape index (κ3) is 4.39. The first-order valence-corrected chi connectivity index (χ1v) is 10.9. The number of anilines is 2. The van der Waals surface area contributed by atoms with Crippen molar-refractivity contribution in [3.63, 3.8) is 0 Å². The zero-order valence-corrected chi connectivity index (χ0v) is 19.1. The lowest BCUT2D eigenvalue weighted by Gasteiger charge is -2.35. The lowest BCUT2D eigenvalue weighted by atomic mass is 10.0. The lowest BCUT2D eigenvalue weighted by molar-refractivity contribution is -0.00572. The molecule has 32 heavy (non-hydrogen) atoms. The maximum atomic E-state index is 15.0. The molecule has 0 saturated carbocycles. The molecular formula is C21H24FN7O2S. The van der Waals surface area contributed by atoms with Gasteiger partial charge in [-0.1, -0.05) is 11.3 Å². The summed E-state index contributed by atoms with van der Waals surface area (Å²) < 4.78 is 20.8. The molecule has 3 heterocycles. The molecule has 0 bridgehead atoms. The van der Waals surface area contributed by atoms with Crippen molar-refractivity contribution in [1.29, 1.82) is 0 Å². The van der Waals surface area contributed by atoms with Gasteiger partial charge in [-0.25, -0.2) is 19.3 Å². The number of carbonyl (C=O) groups excluding carboxylic acids is 1. The van der Waals surface area contributed by atoms with Gasteiger partial charge in [-0.3, -0.25) is 4.79 Å². The number of nitrogen functional groups attached to an aromatic ring is 1. The van der Waals surface area contributed by atoms with Crippen molar-refractivity contribution in [3.8, 4) is 21.8 Å². The molecule has 1 saturated heterocycles. The van der Waals surface area contributed by atoms with Crippen molar-refractivity contribution in [2.75, 3.05) is 37.8 Å². The number of nitrogens with two attached hydrogens (primary N) is 1. The topological polar surface area (TPSA) is 110 Å². The van der Waals surface area contributed by atoms with Crippen molar-refractivity contribution < 1.29 is 13.9 Å². The molecule has 168 valence electrons. The van der Waals surface area contributed by atoms with Crippen LogP contribution in [0.5, 0.6) is 0 Å². The summed E-state index contributed by atoms with van der Waals surface area (Å²) in [5.41, 5.74) is 6.58. The highest BCUT2D eigenvalue weighted by atomic mass is 32.1. The summed E-state index contributed by atoms with van der Waals surface area (Å²) >= 11 is 1.16. The minimum absolute atomic E-state index is 0.0269. The Labute approximate surface area is 189 Å². The summed E-state index contributed by atoms with van der Waals surface area (Å²) in [6.07, 6.45) is 2.96. The lowest BCUT2D eigenvalue weighted by Crippen LogP contribution is -2.46. The standard InChI is InChI=1S/C21H24FN7O2S/c1-11-8-29(9-12(2)31-11)21-26-10-25-18(27-21)13-5-15(17-7-24-20(23)32-17)16(22)6-14(13)19(30)28(3)4/h5-7,10-12H,8-9H2,1-4H3,(H2,23,24)/t11-,12+. The Morgan fingerprint density at radius 2 is 1.91 bits per heavy atom. The minimum atomic E-state index is -0.548. The average Bonchev–Trinajstić information content (AvgIpc) is 3.18. The number of halogens is 1. The summed E-state index contributed by atoms with van der Waals surface area (Å²) in [4.78, 5) is 34.1. The Hall–Kier alpha value is -3.18. The van der Waals surface area contributed by atoms with Gasteiger partial charge >= 0.3 is 0 Å². The van der Waals surface area contributed by atoms with E-state index in [9.17, 15) is 4.79 Å². The minimum Gasteiger partial charge on any atom is -0.375 e. The van der Waals surface area contributed by atoms with Gasteiger partial charge in [0, 0.05) is 44.5 Å². The number of hydrogen-bond donors (Lipinski definition) is 1. The van der Waals surface area contributed by atoms with E-state index in [1.54, 1.807) is 20.2 Å². The number of thiazole rings is 1. The van der Waals surface area contributed by atoms with Crippen LogP contribution in [0.2, 0.25) is 0 Å². The second kappa shape index (κ2) is 8.75. The first-order chi connectivity index (χ1) is 15.2. The maximum absolute atomic E-state index is 15.0. The smallest absolute Gasteiger partial charge is 0.254 e. The molecule has 1 fully saturated rings. The van der Waals surface area contributed by atoms with Gasteiger partial charge in [-0.05, 0) is 26.0 Å². The van der Waals surface area contributed by atoms with Crippen molar-refractivity contribution in [2.45, 2.75) is 26.1 Å². The second-order valence-corrected chi connectivity index (χ2v) is 8.97. The number of aromatic nitrogens is 4. The van der Waals surface area contributed by atoms with Crippen LogP contribution >= 0.6 is 11.3 Å². The molecule has 2 aromatic heterocycles. The van der Waals surface area contributed by atoms with E-state index in [0.717, 1.165) is 11.3 Å². The SMILES string of the molecule is C[C@@H]1CN(c2ncnc(-c3cc(-c4cnc(N)s4)c(F)cc3C(=O)N(C)C)n2)C[C@H](C)O1. The van der Waals surface area contributed by atoms with E-state index in [0.29, 0.717) is 34.6 Å².